The summed E-state index contributed by atoms with van der Waals surface area (Å²) >= 11 is 1.15. The van der Waals surface area contributed by atoms with Crippen LogP contribution in [0.25, 0.3) is 23.2 Å². The van der Waals surface area contributed by atoms with Crippen molar-refractivity contribution < 1.29 is 4.92 Å². The van der Waals surface area contributed by atoms with Crippen molar-refractivity contribution in [1.82, 2.24) is 14.6 Å². The third-order valence-corrected chi connectivity index (χ3v) is 5.08. The van der Waals surface area contributed by atoms with Crippen LogP contribution in [-0.4, -0.2) is 19.5 Å². The van der Waals surface area contributed by atoms with Crippen LogP contribution < -0.4 is 10.1 Å². The lowest BCUT2D eigenvalue weighted by Gasteiger charge is -1.94. The maximum atomic E-state index is 12.6. The average molecular weight is 390 g/mol. The lowest BCUT2D eigenvalue weighted by atomic mass is 10.1. The Bertz CT molecular complexity index is 1320. The van der Waals surface area contributed by atoms with E-state index in [0.717, 1.165) is 16.9 Å². The molecule has 0 radical (unpaired) electrons. The Kier molecular flexibility index (Phi) is 4.54. The van der Waals surface area contributed by atoms with E-state index in [0.29, 0.717) is 20.9 Å². The number of aromatic nitrogens is 3. The van der Waals surface area contributed by atoms with E-state index in [1.165, 1.54) is 22.2 Å². The molecular weight excluding hydrogens is 376 g/mol. The molecule has 4 rings (SSSR count). The second-order valence-electron chi connectivity index (χ2n) is 6.14. The Morgan fingerprint density at radius 1 is 1.11 bits per heavy atom. The molecule has 2 aromatic heterocycles. The third kappa shape index (κ3) is 3.45. The first-order valence-electron chi connectivity index (χ1n) is 8.41. The molecule has 0 bridgehead atoms. The summed E-state index contributed by atoms with van der Waals surface area (Å²) in [5, 5.41) is 15.4. The molecule has 2 aromatic carbocycles. The zero-order chi connectivity index (χ0) is 19.7. The highest BCUT2D eigenvalue weighted by atomic mass is 32.1. The molecule has 0 saturated carbocycles. The second kappa shape index (κ2) is 7.16. The number of nitro benzene ring substituents is 1. The Morgan fingerprint density at radius 3 is 2.57 bits per heavy atom. The van der Waals surface area contributed by atoms with E-state index in [1.807, 2.05) is 37.3 Å². The number of para-hydroxylation sites is 1. The lowest BCUT2D eigenvalue weighted by Crippen LogP contribution is -2.23. The van der Waals surface area contributed by atoms with Gasteiger partial charge in [0.05, 0.1) is 15.0 Å². The summed E-state index contributed by atoms with van der Waals surface area (Å²) in [6, 6.07) is 14.3. The highest BCUT2D eigenvalue weighted by Crippen LogP contribution is 2.18. The lowest BCUT2D eigenvalue weighted by molar-refractivity contribution is -0.385. The zero-order valence-corrected chi connectivity index (χ0v) is 15.6. The van der Waals surface area contributed by atoms with E-state index in [2.05, 4.69) is 10.1 Å². The summed E-state index contributed by atoms with van der Waals surface area (Å²) < 4.78 is 1.57. The maximum Gasteiger partial charge on any atom is 0.291 e. The third-order valence-electron chi connectivity index (χ3n) is 4.12. The van der Waals surface area contributed by atoms with Gasteiger partial charge in [0.1, 0.15) is 0 Å². The molecule has 138 valence electrons. The van der Waals surface area contributed by atoms with Gasteiger partial charge in [-0.25, -0.2) is 0 Å². The summed E-state index contributed by atoms with van der Waals surface area (Å²) in [5.41, 5.74) is 2.16. The van der Waals surface area contributed by atoms with Gasteiger partial charge in [-0.15, -0.1) is 5.10 Å². The van der Waals surface area contributed by atoms with Crippen LogP contribution in [0.4, 0.5) is 5.69 Å². The van der Waals surface area contributed by atoms with Crippen LogP contribution in [0.2, 0.25) is 0 Å². The molecule has 2 heterocycles. The van der Waals surface area contributed by atoms with Crippen molar-refractivity contribution in [3.63, 3.8) is 0 Å². The number of benzene rings is 2. The van der Waals surface area contributed by atoms with Crippen LogP contribution in [0.1, 0.15) is 22.5 Å². The molecule has 0 fully saturated rings. The number of nitro groups is 1. The topological polar surface area (TPSA) is 90.4 Å². The highest BCUT2D eigenvalue weighted by Gasteiger charge is 2.13. The van der Waals surface area contributed by atoms with Crippen molar-refractivity contribution in [1.29, 1.82) is 0 Å². The fourth-order valence-corrected chi connectivity index (χ4v) is 3.59. The summed E-state index contributed by atoms with van der Waals surface area (Å²) in [6.45, 7) is 2.02. The smallest absolute Gasteiger partial charge is 0.266 e. The molecule has 0 aliphatic carbocycles. The molecule has 0 amide bonds. The fourth-order valence-electron chi connectivity index (χ4n) is 2.68. The van der Waals surface area contributed by atoms with Crippen molar-refractivity contribution in [3.8, 4) is 0 Å². The molecule has 0 N–H and O–H groups in total. The minimum atomic E-state index is -0.471. The molecule has 0 aliphatic heterocycles. The van der Waals surface area contributed by atoms with Gasteiger partial charge in [-0.1, -0.05) is 59.4 Å². The normalized spacial score (nSPS) is 12.2. The number of aryl methyl sites for hydroxylation is 1. The first kappa shape index (κ1) is 17.7. The molecule has 0 atom stereocenters. The number of hydrogen-bond acceptors (Lipinski definition) is 6. The fraction of sp³-hybridized carbons (Fsp3) is 0.0500. The molecule has 8 heteroatoms. The molecule has 4 aromatic rings. The quantitative estimate of drug-likeness (QED) is 0.394. The largest absolute Gasteiger partial charge is 0.291 e. The molecule has 0 unspecified atom stereocenters. The van der Waals surface area contributed by atoms with E-state index in [9.17, 15) is 14.9 Å². The standard InChI is InChI=1S/C20H14N4O3S/c1-13-6-8-14(9-7-13)10-11-18-21-20-23(22-18)19(25)17(28-20)12-15-4-2-3-5-16(15)24(26)27/h2-12H,1H3/b11-10+,17-12+. The molecule has 28 heavy (non-hydrogen) atoms. The van der Waals surface area contributed by atoms with Crippen LogP contribution in [0.3, 0.4) is 0 Å². The Hall–Kier alpha value is -3.65. The van der Waals surface area contributed by atoms with E-state index in [4.69, 9.17) is 0 Å². The van der Waals surface area contributed by atoms with E-state index in [1.54, 1.807) is 24.3 Å². The summed E-state index contributed by atoms with van der Waals surface area (Å²) in [4.78, 5) is 28.1. The van der Waals surface area contributed by atoms with Crippen molar-refractivity contribution in [2.45, 2.75) is 6.92 Å². The van der Waals surface area contributed by atoms with E-state index < -0.39 is 4.92 Å². The van der Waals surface area contributed by atoms with Crippen LogP contribution in [0.15, 0.2) is 53.3 Å². The first-order chi connectivity index (χ1) is 13.5. The molecule has 7 nitrogen and oxygen atoms in total. The van der Waals surface area contributed by atoms with Gasteiger partial charge in [-0.05, 0) is 30.7 Å². The summed E-state index contributed by atoms with van der Waals surface area (Å²) in [7, 11) is 0. The zero-order valence-electron chi connectivity index (χ0n) is 14.8. The van der Waals surface area contributed by atoms with Crippen molar-refractivity contribution in [2.24, 2.45) is 0 Å². The Morgan fingerprint density at radius 2 is 1.86 bits per heavy atom. The molecule has 0 spiro atoms. The van der Waals surface area contributed by atoms with Crippen molar-refractivity contribution in [3.05, 3.63) is 96.0 Å². The van der Waals surface area contributed by atoms with Crippen LogP contribution in [0.5, 0.6) is 0 Å². The van der Waals surface area contributed by atoms with Crippen LogP contribution in [0, 0.1) is 17.0 Å². The average Bonchev–Trinajstić information content (AvgIpc) is 3.21. The minimum Gasteiger partial charge on any atom is -0.266 e. The summed E-state index contributed by atoms with van der Waals surface area (Å²) in [6.07, 6.45) is 5.13. The molecular formula is C20H14N4O3S. The van der Waals surface area contributed by atoms with Gasteiger partial charge >= 0.3 is 0 Å². The number of thiazole rings is 1. The van der Waals surface area contributed by atoms with Crippen LogP contribution in [-0.2, 0) is 0 Å². The maximum absolute atomic E-state index is 12.6. The van der Waals surface area contributed by atoms with Gasteiger partial charge in [0, 0.05) is 6.07 Å². The highest BCUT2D eigenvalue weighted by molar-refractivity contribution is 7.15. The SMILES string of the molecule is Cc1ccc(/C=C/c2nc3s/c(=C/c4ccccc4[N+](=O)[O-])c(=O)n3n2)cc1. The van der Waals surface area contributed by atoms with Gasteiger partial charge < -0.3 is 0 Å². The molecule has 0 aliphatic rings. The van der Waals surface area contributed by atoms with E-state index >= 15 is 0 Å². The first-order valence-corrected chi connectivity index (χ1v) is 9.22. The van der Waals surface area contributed by atoms with Crippen LogP contribution >= 0.6 is 11.3 Å². The number of nitrogens with zero attached hydrogens (tertiary/aromatic N) is 4. The Labute approximate surface area is 163 Å². The van der Waals surface area contributed by atoms with Gasteiger partial charge in [-0.2, -0.15) is 9.50 Å². The summed E-state index contributed by atoms with van der Waals surface area (Å²) in [5.74, 6) is 0.432. The second-order valence-corrected chi connectivity index (χ2v) is 7.15. The van der Waals surface area contributed by atoms with Gasteiger partial charge in [-0.3, -0.25) is 14.9 Å². The van der Waals surface area contributed by atoms with Crippen molar-refractivity contribution in [2.75, 3.05) is 0 Å². The number of fused-ring (bicyclic) bond motifs is 1. The molecule has 0 saturated heterocycles. The monoisotopic (exact) mass is 390 g/mol. The number of rotatable bonds is 4. The minimum absolute atomic E-state index is 0.0531. The Balaban J connectivity index is 1.70. The van der Waals surface area contributed by atoms with Gasteiger partial charge in [0.2, 0.25) is 4.96 Å². The number of hydrogen-bond donors (Lipinski definition) is 0. The predicted molar refractivity (Wildman–Crippen MR) is 109 cm³/mol. The van der Waals surface area contributed by atoms with Gasteiger partial charge in [0.15, 0.2) is 5.82 Å². The van der Waals surface area contributed by atoms with Crippen molar-refractivity contribution >= 4 is 40.2 Å². The van der Waals surface area contributed by atoms with Gasteiger partial charge in [0.25, 0.3) is 11.2 Å². The van der Waals surface area contributed by atoms with E-state index in [-0.39, 0.29) is 11.2 Å². The predicted octanol–water partition coefficient (Wildman–Crippen LogP) is 3.09.